The van der Waals surface area contributed by atoms with Gasteiger partial charge in [-0.05, 0) is 48.1 Å². The summed E-state index contributed by atoms with van der Waals surface area (Å²) in [5, 5.41) is 2.15. The van der Waals surface area contributed by atoms with Gasteiger partial charge in [0.1, 0.15) is 6.29 Å². The van der Waals surface area contributed by atoms with Crippen LogP contribution in [0.5, 0.6) is 0 Å². The zero-order valence-corrected chi connectivity index (χ0v) is 9.60. The second-order valence-electron chi connectivity index (χ2n) is 3.64. The largest absolute Gasteiger partial charge is 0.298 e. The number of hydrogen-bond acceptors (Lipinski definition) is 2. The van der Waals surface area contributed by atoms with Crippen LogP contribution in [0.25, 0.3) is 11.1 Å². The Morgan fingerprint density at radius 2 is 2.00 bits per heavy atom. The highest BCUT2D eigenvalue weighted by atomic mass is 32.1. The monoisotopic (exact) mass is 216 g/mol. The molecule has 1 nitrogen and oxygen atoms in total. The van der Waals surface area contributed by atoms with E-state index in [1.165, 1.54) is 16.0 Å². The predicted molar refractivity (Wildman–Crippen MR) is 64.6 cm³/mol. The first-order chi connectivity index (χ1) is 7.20. The lowest BCUT2D eigenvalue weighted by molar-refractivity contribution is 0.112. The lowest BCUT2D eigenvalue weighted by Gasteiger charge is -2.03. The van der Waals surface area contributed by atoms with Gasteiger partial charge in [0.2, 0.25) is 0 Å². The molecule has 0 aliphatic carbocycles. The molecule has 0 spiro atoms. The summed E-state index contributed by atoms with van der Waals surface area (Å²) >= 11 is 1.75. The lowest BCUT2D eigenvalue weighted by Crippen LogP contribution is -1.85. The summed E-state index contributed by atoms with van der Waals surface area (Å²) < 4.78 is 0. The molecule has 1 aromatic heterocycles. The van der Waals surface area contributed by atoms with E-state index in [0.29, 0.717) is 0 Å². The van der Waals surface area contributed by atoms with Crippen molar-refractivity contribution < 1.29 is 4.79 Å². The maximum absolute atomic E-state index is 10.6. The number of rotatable bonds is 2. The molecule has 2 heteroatoms. The maximum atomic E-state index is 10.6. The van der Waals surface area contributed by atoms with Gasteiger partial charge in [0.25, 0.3) is 0 Å². The third-order valence-electron chi connectivity index (χ3n) is 2.43. The van der Waals surface area contributed by atoms with Crippen LogP contribution in [-0.2, 0) is 0 Å². The smallest absolute Gasteiger partial charge is 0.150 e. The number of benzene rings is 1. The molecule has 15 heavy (non-hydrogen) atoms. The van der Waals surface area contributed by atoms with Gasteiger partial charge in [0.05, 0.1) is 0 Å². The Bertz CT molecular complexity index is 497. The van der Waals surface area contributed by atoms with Crippen LogP contribution in [0.2, 0.25) is 0 Å². The second kappa shape index (κ2) is 3.99. The molecule has 0 saturated heterocycles. The molecule has 1 aromatic carbocycles. The van der Waals surface area contributed by atoms with Crippen molar-refractivity contribution in [2.45, 2.75) is 13.8 Å². The van der Waals surface area contributed by atoms with Crippen molar-refractivity contribution in [3.05, 3.63) is 45.6 Å². The topological polar surface area (TPSA) is 17.1 Å². The third-order valence-corrected chi connectivity index (χ3v) is 3.29. The van der Waals surface area contributed by atoms with Crippen LogP contribution in [0.1, 0.15) is 20.8 Å². The Morgan fingerprint density at radius 1 is 1.20 bits per heavy atom. The lowest BCUT2D eigenvalue weighted by atomic mass is 10.0. The summed E-state index contributed by atoms with van der Waals surface area (Å²) in [6.07, 6.45) is 0.885. The Kier molecular flexibility index (Phi) is 2.69. The minimum atomic E-state index is 0.739. The minimum absolute atomic E-state index is 0.739. The van der Waals surface area contributed by atoms with Crippen LogP contribution in [0.4, 0.5) is 0 Å². The van der Waals surface area contributed by atoms with Crippen molar-refractivity contribution in [1.29, 1.82) is 0 Å². The SMILES string of the molecule is Cc1cc(-c2ccc(C=O)cc2C)cs1. The Balaban J connectivity index is 2.49. The van der Waals surface area contributed by atoms with Gasteiger partial charge in [-0.3, -0.25) is 4.79 Å². The molecule has 76 valence electrons. The molecule has 2 aromatic rings. The van der Waals surface area contributed by atoms with Gasteiger partial charge in [-0.25, -0.2) is 0 Å². The average Bonchev–Trinajstić information content (AvgIpc) is 2.64. The zero-order chi connectivity index (χ0) is 10.8. The van der Waals surface area contributed by atoms with Crippen molar-refractivity contribution in [2.75, 3.05) is 0 Å². The molecule has 0 bridgehead atoms. The maximum Gasteiger partial charge on any atom is 0.150 e. The summed E-state index contributed by atoms with van der Waals surface area (Å²) in [4.78, 5) is 11.9. The second-order valence-corrected chi connectivity index (χ2v) is 4.75. The van der Waals surface area contributed by atoms with Gasteiger partial charge >= 0.3 is 0 Å². The summed E-state index contributed by atoms with van der Waals surface area (Å²) in [6.45, 7) is 4.14. The van der Waals surface area contributed by atoms with E-state index >= 15 is 0 Å². The number of hydrogen-bond donors (Lipinski definition) is 0. The van der Waals surface area contributed by atoms with Gasteiger partial charge in [-0.15, -0.1) is 11.3 Å². The first-order valence-electron chi connectivity index (χ1n) is 4.82. The summed E-state index contributed by atoms with van der Waals surface area (Å²) in [7, 11) is 0. The molecule has 0 N–H and O–H groups in total. The van der Waals surface area contributed by atoms with Crippen molar-refractivity contribution in [3.8, 4) is 11.1 Å². The third kappa shape index (κ3) is 2.00. The van der Waals surface area contributed by atoms with Crippen molar-refractivity contribution in [2.24, 2.45) is 0 Å². The number of aryl methyl sites for hydroxylation is 2. The van der Waals surface area contributed by atoms with Crippen LogP contribution < -0.4 is 0 Å². The molecule has 2 rings (SSSR count). The van der Waals surface area contributed by atoms with Gasteiger partial charge in [0, 0.05) is 10.4 Å². The first kappa shape index (κ1) is 10.1. The quantitative estimate of drug-likeness (QED) is 0.697. The molecule has 0 aliphatic heterocycles. The molecule has 0 amide bonds. The van der Waals surface area contributed by atoms with E-state index in [4.69, 9.17) is 0 Å². The fourth-order valence-electron chi connectivity index (χ4n) is 1.67. The van der Waals surface area contributed by atoms with E-state index in [1.54, 1.807) is 11.3 Å². The molecule has 1 heterocycles. The summed E-state index contributed by atoms with van der Waals surface area (Å²) in [5.74, 6) is 0. The van der Waals surface area contributed by atoms with Gasteiger partial charge in [-0.2, -0.15) is 0 Å². The molecule has 0 unspecified atom stereocenters. The van der Waals surface area contributed by atoms with E-state index in [2.05, 4.69) is 18.4 Å². The van der Waals surface area contributed by atoms with E-state index in [-0.39, 0.29) is 0 Å². The van der Waals surface area contributed by atoms with Crippen molar-refractivity contribution in [1.82, 2.24) is 0 Å². The normalized spacial score (nSPS) is 10.3. The highest BCUT2D eigenvalue weighted by Crippen LogP contribution is 2.28. The Hall–Kier alpha value is -1.41. The van der Waals surface area contributed by atoms with Gasteiger partial charge in [-0.1, -0.05) is 12.1 Å². The molecular formula is C13H12OS. The van der Waals surface area contributed by atoms with E-state index in [0.717, 1.165) is 17.4 Å². The molecule has 0 radical (unpaired) electrons. The van der Waals surface area contributed by atoms with Crippen molar-refractivity contribution >= 4 is 17.6 Å². The van der Waals surface area contributed by atoms with E-state index in [1.807, 2.05) is 25.1 Å². The Morgan fingerprint density at radius 3 is 2.53 bits per heavy atom. The molecule has 0 saturated carbocycles. The molecule has 0 fully saturated rings. The predicted octanol–water partition coefficient (Wildman–Crippen LogP) is 3.84. The van der Waals surface area contributed by atoms with Crippen LogP contribution in [0.15, 0.2) is 29.6 Å². The highest BCUT2D eigenvalue weighted by molar-refractivity contribution is 7.10. The molecular weight excluding hydrogens is 204 g/mol. The standard InChI is InChI=1S/C13H12OS/c1-9-5-11(7-14)3-4-13(9)12-6-10(2)15-8-12/h3-8H,1-2H3. The minimum Gasteiger partial charge on any atom is -0.298 e. The number of thiophene rings is 1. The van der Waals surface area contributed by atoms with E-state index in [9.17, 15) is 4.79 Å². The van der Waals surface area contributed by atoms with Crippen molar-refractivity contribution in [3.63, 3.8) is 0 Å². The van der Waals surface area contributed by atoms with Gasteiger partial charge < -0.3 is 0 Å². The summed E-state index contributed by atoms with van der Waals surface area (Å²) in [5.41, 5.74) is 4.35. The van der Waals surface area contributed by atoms with Crippen LogP contribution in [0.3, 0.4) is 0 Å². The number of carbonyl (C=O) groups is 1. The van der Waals surface area contributed by atoms with E-state index < -0.39 is 0 Å². The van der Waals surface area contributed by atoms with Gasteiger partial charge in [0.15, 0.2) is 0 Å². The van der Waals surface area contributed by atoms with Crippen LogP contribution in [-0.4, -0.2) is 6.29 Å². The average molecular weight is 216 g/mol. The molecule has 0 aliphatic rings. The zero-order valence-electron chi connectivity index (χ0n) is 8.78. The van der Waals surface area contributed by atoms with Crippen LogP contribution >= 0.6 is 11.3 Å². The Labute approximate surface area is 93.4 Å². The first-order valence-corrected chi connectivity index (χ1v) is 5.70. The fraction of sp³-hybridized carbons (Fsp3) is 0.154. The highest BCUT2D eigenvalue weighted by Gasteiger charge is 2.04. The fourth-order valence-corrected chi connectivity index (χ4v) is 2.37. The van der Waals surface area contributed by atoms with Crippen LogP contribution in [0, 0.1) is 13.8 Å². The number of aldehydes is 1. The number of carbonyl (C=O) groups excluding carboxylic acids is 1. The summed E-state index contributed by atoms with van der Waals surface area (Å²) in [6, 6.07) is 7.98. The molecule has 0 atom stereocenters.